The second-order valence-corrected chi connectivity index (χ2v) is 7.06. The Balaban J connectivity index is 2.43. The number of nitrogens with one attached hydrogen (secondary N) is 1. The van der Waals surface area contributed by atoms with E-state index in [1.807, 2.05) is 0 Å². The van der Waals surface area contributed by atoms with Crippen LogP contribution in [0.15, 0.2) is 23.1 Å². The summed E-state index contributed by atoms with van der Waals surface area (Å²) in [5.74, 6) is 0. The maximum atomic E-state index is 11.2. The zero-order valence-corrected chi connectivity index (χ0v) is 13.8. The molecule has 120 valence electrons. The molecule has 5 N–H and O–H groups in total. The maximum Gasteiger partial charge on any atom is 0.238 e. The summed E-state index contributed by atoms with van der Waals surface area (Å²) in [7, 11) is -1.59. The van der Waals surface area contributed by atoms with E-state index in [9.17, 15) is 8.42 Å². The lowest BCUT2D eigenvalue weighted by molar-refractivity contribution is 0.269. The molecular weight excluding hydrogens is 288 g/mol. The molecule has 0 heterocycles. The Labute approximate surface area is 127 Å². The van der Waals surface area contributed by atoms with Gasteiger partial charge in [0.25, 0.3) is 0 Å². The van der Waals surface area contributed by atoms with E-state index in [4.69, 9.17) is 10.9 Å². The van der Waals surface area contributed by atoms with Crippen molar-refractivity contribution in [3.8, 4) is 0 Å². The van der Waals surface area contributed by atoms with E-state index in [1.165, 1.54) is 12.1 Å². The second kappa shape index (κ2) is 7.63. The van der Waals surface area contributed by atoms with E-state index in [2.05, 4.69) is 31.1 Å². The molecule has 0 fully saturated rings. The summed E-state index contributed by atoms with van der Waals surface area (Å²) >= 11 is 0. The predicted molar refractivity (Wildman–Crippen MR) is 87.7 cm³/mol. The zero-order chi connectivity index (χ0) is 16.0. The van der Waals surface area contributed by atoms with Crippen LogP contribution in [0.5, 0.6) is 0 Å². The largest absolute Gasteiger partial charge is 0.397 e. The van der Waals surface area contributed by atoms with Gasteiger partial charge in [-0.1, -0.05) is 0 Å². The number of hydrogen-bond acceptors (Lipinski definition) is 5. The molecule has 21 heavy (non-hydrogen) atoms. The number of hydrogen-bond donors (Lipinski definition) is 3. The first-order chi connectivity index (χ1) is 9.71. The van der Waals surface area contributed by atoms with Crippen LogP contribution in [0.3, 0.4) is 0 Å². The first-order valence-electron chi connectivity index (χ1n) is 7.08. The van der Waals surface area contributed by atoms with Gasteiger partial charge in [-0.2, -0.15) is 0 Å². The van der Waals surface area contributed by atoms with E-state index in [1.54, 1.807) is 6.07 Å². The van der Waals surface area contributed by atoms with E-state index >= 15 is 0 Å². The van der Waals surface area contributed by atoms with Crippen LogP contribution in [0.2, 0.25) is 0 Å². The summed E-state index contributed by atoms with van der Waals surface area (Å²) in [6.45, 7) is 6.20. The van der Waals surface area contributed by atoms with Crippen LogP contribution in [0, 0.1) is 0 Å². The van der Waals surface area contributed by atoms with Gasteiger partial charge < -0.3 is 16.0 Å². The highest BCUT2D eigenvalue weighted by atomic mass is 32.2. The number of anilines is 2. The van der Waals surface area contributed by atoms with E-state index in [-0.39, 0.29) is 4.90 Å². The molecule has 1 rings (SSSR count). The normalized spacial score (nSPS) is 12.1. The van der Waals surface area contributed by atoms with Gasteiger partial charge in [0.15, 0.2) is 0 Å². The molecule has 0 aliphatic heterocycles. The lowest BCUT2D eigenvalue weighted by Crippen LogP contribution is -2.27. The number of rotatable bonds is 8. The quantitative estimate of drug-likeness (QED) is 0.498. The van der Waals surface area contributed by atoms with Crippen molar-refractivity contribution in [1.29, 1.82) is 0 Å². The van der Waals surface area contributed by atoms with E-state index in [0.717, 1.165) is 31.6 Å². The molecule has 0 saturated heterocycles. The van der Waals surface area contributed by atoms with Crippen molar-refractivity contribution < 1.29 is 8.42 Å². The molecule has 0 aromatic heterocycles. The Morgan fingerprint density at radius 1 is 1.29 bits per heavy atom. The summed E-state index contributed by atoms with van der Waals surface area (Å²) < 4.78 is 22.4. The fourth-order valence-electron chi connectivity index (χ4n) is 1.85. The molecular formula is C14H26N4O2S. The third-order valence-electron chi connectivity index (χ3n) is 3.49. The maximum absolute atomic E-state index is 11.2. The van der Waals surface area contributed by atoms with Gasteiger partial charge in [-0.05, 0) is 58.5 Å². The minimum absolute atomic E-state index is 0.0316. The summed E-state index contributed by atoms with van der Waals surface area (Å²) in [4.78, 5) is 2.33. The first kappa shape index (κ1) is 17.7. The van der Waals surface area contributed by atoms with Crippen molar-refractivity contribution in [2.45, 2.75) is 37.6 Å². The molecule has 1 aromatic rings. The molecule has 6 nitrogen and oxygen atoms in total. The lowest BCUT2D eigenvalue weighted by atomic mass is 10.2. The number of benzene rings is 1. The minimum Gasteiger partial charge on any atom is -0.397 e. The zero-order valence-electron chi connectivity index (χ0n) is 13.0. The van der Waals surface area contributed by atoms with E-state index in [0.29, 0.717) is 11.7 Å². The number of sulfonamides is 1. The fourth-order valence-corrected chi connectivity index (χ4v) is 2.40. The highest BCUT2D eigenvalue weighted by Gasteiger charge is 2.09. The molecule has 0 aliphatic carbocycles. The number of nitrogen functional groups attached to an aromatic ring is 1. The standard InChI is InChI=1S/C14H26N4O2S/c1-11(2)18(3)9-5-4-8-17-14-7-6-12(10-13(14)15)21(16,19)20/h6-7,10-11,17H,4-5,8-9,15H2,1-3H3,(H2,16,19,20). The van der Waals surface area contributed by atoms with Gasteiger partial charge in [-0.15, -0.1) is 0 Å². The molecule has 7 heteroatoms. The Morgan fingerprint density at radius 3 is 2.48 bits per heavy atom. The highest BCUT2D eigenvalue weighted by molar-refractivity contribution is 7.89. The van der Waals surface area contributed by atoms with E-state index < -0.39 is 10.0 Å². The molecule has 0 bridgehead atoms. The van der Waals surface area contributed by atoms with Gasteiger partial charge in [-0.3, -0.25) is 0 Å². The molecule has 0 atom stereocenters. The average molecular weight is 314 g/mol. The van der Waals surface area contributed by atoms with Gasteiger partial charge >= 0.3 is 0 Å². The SMILES string of the molecule is CC(C)N(C)CCCCNc1ccc(S(N)(=O)=O)cc1N. The summed E-state index contributed by atoms with van der Waals surface area (Å²) in [6.07, 6.45) is 2.12. The van der Waals surface area contributed by atoms with Gasteiger partial charge in [0, 0.05) is 12.6 Å². The monoisotopic (exact) mass is 314 g/mol. The Bertz CT molecular complexity index is 558. The van der Waals surface area contributed by atoms with Crippen LogP contribution in [-0.4, -0.2) is 39.5 Å². The summed E-state index contributed by atoms with van der Waals surface area (Å²) in [5, 5.41) is 8.28. The van der Waals surface area contributed by atoms with Crippen molar-refractivity contribution in [2.24, 2.45) is 5.14 Å². The molecule has 0 spiro atoms. The fraction of sp³-hybridized carbons (Fsp3) is 0.571. The van der Waals surface area contributed by atoms with Gasteiger partial charge in [-0.25, -0.2) is 13.6 Å². The van der Waals surface area contributed by atoms with Crippen molar-refractivity contribution in [2.75, 3.05) is 31.2 Å². The van der Waals surface area contributed by atoms with Crippen LogP contribution < -0.4 is 16.2 Å². The molecule has 1 aromatic carbocycles. The first-order valence-corrected chi connectivity index (χ1v) is 8.63. The van der Waals surface area contributed by atoms with Crippen LogP contribution in [-0.2, 0) is 10.0 Å². The van der Waals surface area contributed by atoms with Crippen LogP contribution in [0.4, 0.5) is 11.4 Å². The minimum atomic E-state index is -3.70. The average Bonchev–Trinajstić information content (AvgIpc) is 2.38. The smallest absolute Gasteiger partial charge is 0.238 e. The molecule has 0 aliphatic rings. The van der Waals surface area contributed by atoms with Crippen molar-refractivity contribution in [3.05, 3.63) is 18.2 Å². The predicted octanol–water partition coefficient (Wildman–Crippen LogP) is 1.45. The topological polar surface area (TPSA) is 101 Å². The van der Waals surface area contributed by atoms with Crippen molar-refractivity contribution >= 4 is 21.4 Å². The molecule has 0 unspecified atom stereocenters. The number of nitrogens with two attached hydrogens (primary N) is 2. The summed E-state index contributed by atoms with van der Waals surface area (Å²) in [6, 6.07) is 5.04. The molecule has 0 amide bonds. The Morgan fingerprint density at radius 2 is 1.95 bits per heavy atom. The van der Waals surface area contributed by atoms with Gasteiger partial charge in [0.2, 0.25) is 10.0 Å². The van der Waals surface area contributed by atoms with Crippen molar-refractivity contribution in [3.63, 3.8) is 0 Å². The highest BCUT2D eigenvalue weighted by Crippen LogP contribution is 2.21. The lowest BCUT2D eigenvalue weighted by Gasteiger charge is -2.20. The Hall–Kier alpha value is -1.31. The van der Waals surface area contributed by atoms with Crippen LogP contribution >= 0.6 is 0 Å². The molecule has 0 saturated carbocycles. The number of unbranched alkanes of at least 4 members (excludes halogenated alkanes) is 1. The Kier molecular flexibility index (Phi) is 6.44. The number of primary sulfonamides is 1. The van der Waals surface area contributed by atoms with Crippen LogP contribution in [0.1, 0.15) is 26.7 Å². The second-order valence-electron chi connectivity index (χ2n) is 5.50. The number of nitrogens with zero attached hydrogens (tertiary/aromatic N) is 1. The van der Waals surface area contributed by atoms with Gasteiger partial charge in [0.1, 0.15) is 0 Å². The third-order valence-corrected chi connectivity index (χ3v) is 4.40. The summed E-state index contributed by atoms with van der Waals surface area (Å²) in [5.41, 5.74) is 6.96. The van der Waals surface area contributed by atoms with Crippen molar-refractivity contribution in [1.82, 2.24) is 4.90 Å². The van der Waals surface area contributed by atoms with Crippen LogP contribution in [0.25, 0.3) is 0 Å². The van der Waals surface area contributed by atoms with Gasteiger partial charge in [0.05, 0.1) is 16.3 Å². The molecule has 0 radical (unpaired) electrons. The third kappa shape index (κ3) is 5.91.